The van der Waals surface area contributed by atoms with Gasteiger partial charge >= 0.3 is 207 Å². The van der Waals surface area contributed by atoms with Crippen molar-refractivity contribution >= 4 is 0 Å². The van der Waals surface area contributed by atoms with E-state index in [4.69, 9.17) is 0 Å². The fraction of sp³-hybridized carbons (Fsp3) is 0. The Bertz CT molecular complexity index is 52.3. The molecule has 0 spiro atoms. The summed E-state index contributed by atoms with van der Waals surface area (Å²) in [6.45, 7) is 0. The zero-order valence-corrected chi connectivity index (χ0v) is 16.5. The average Bonchev–Trinajstić information content (AvgIpc) is 0. The van der Waals surface area contributed by atoms with Crippen LogP contribution in [-0.2, 0) is 0 Å². The first kappa shape index (κ1) is 551. The Morgan fingerprint density at radius 1 is 0.136 bits per heavy atom. The maximum atomic E-state index is 0. The Hall–Kier alpha value is 6.13. The van der Waals surface area contributed by atoms with Gasteiger partial charge in [0.1, 0.15) is 0 Å². The normalized spacial score (nSPS) is 0. The third-order valence-electron chi connectivity index (χ3n) is 0. The molecular formula is H33Li11O11. The molecule has 22 heteroatoms. The van der Waals surface area contributed by atoms with Crippen LogP contribution in [0.4, 0.5) is 0 Å². The van der Waals surface area contributed by atoms with Crippen LogP contribution >= 0.6 is 0 Å². The van der Waals surface area contributed by atoms with Crippen LogP contribution in [0.25, 0.3) is 0 Å². The minimum Gasteiger partial charge on any atom is -1.00 e. The van der Waals surface area contributed by atoms with Crippen molar-refractivity contribution in [2.24, 2.45) is 0 Å². The van der Waals surface area contributed by atoms with Gasteiger partial charge in [0.25, 0.3) is 0 Å². The van der Waals surface area contributed by atoms with Crippen molar-refractivity contribution in [3.8, 4) is 0 Å². The largest absolute Gasteiger partial charge is 1.00 e. The van der Waals surface area contributed by atoms with Crippen molar-refractivity contribution < 1.29 is 283 Å². The first-order chi connectivity index (χ1) is 0. The molecule has 110 valence electrons. The van der Waals surface area contributed by atoms with E-state index in [0.29, 0.717) is 0 Å². The molecule has 0 rings (SSSR count). The van der Waals surface area contributed by atoms with Crippen LogP contribution in [0.3, 0.4) is 0 Å². The van der Waals surface area contributed by atoms with Crippen LogP contribution in [0.5, 0.6) is 0 Å². The van der Waals surface area contributed by atoms with Gasteiger partial charge in [0, 0.05) is 0 Å². The molecule has 0 aliphatic heterocycles. The van der Waals surface area contributed by atoms with Crippen molar-refractivity contribution in [2.75, 3.05) is 0 Å². The molecular weight excluding hydrogens is 252 g/mol. The fourth-order valence-corrected chi connectivity index (χ4v) is 0. The fourth-order valence-electron chi connectivity index (χ4n) is 0. The van der Waals surface area contributed by atoms with Crippen LogP contribution in [0.1, 0.15) is 15.7 Å². The van der Waals surface area contributed by atoms with Crippen molar-refractivity contribution in [3.63, 3.8) is 0 Å². The smallest absolute Gasteiger partial charge is 1.00 e. The Morgan fingerprint density at radius 3 is 0.136 bits per heavy atom. The van der Waals surface area contributed by atoms with Crippen molar-refractivity contribution in [1.82, 2.24) is 0 Å². The molecule has 0 heterocycles. The van der Waals surface area contributed by atoms with E-state index in [1.807, 2.05) is 0 Å². The molecule has 0 bridgehead atoms. The van der Waals surface area contributed by atoms with Gasteiger partial charge in [0.05, 0.1) is 0 Å². The maximum Gasteiger partial charge on any atom is 1.00 e. The van der Waals surface area contributed by atoms with Crippen molar-refractivity contribution in [3.05, 3.63) is 0 Å². The van der Waals surface area contributed by atoms with Crippen LogP contribution in [0, 0.1) is 0 Å². The zero-order valence-electron chi connectivity index (χ0n) is 27.5. The summed E-state index contributed by atoms with van der Waals surface area (Å²) < 4.78 is 0. The van der Waals surface area contributed by atoms with E-state index < -0.39 is 0 Å². The van der Waals surface area contributed by atoms with Crippen LogP contribution in [0.15, 0.2) is 0 Å². The van der Waals surface area contributed by atoms with E-state index in [-0.39, 0.29) is 283 Å². The monoisotopic (exact) mass is 286 g/mol. The molecule has 0 aliphatic rings. The quantitative estimate of drug-likeness (QED) is 0.374. The topological polar surface area (TPSA) is 346 Å². The molecule has 0 aromatic carbocycles. The van der Waals surface area contributed by atoms with Gasteiger partial charge in [-0.25, -0.2) is 0 Å². The van der Waals surface area contributed by atoms with Crippen molar-refractivity contribution in [2.45, 2.75) is 0 Å². The number of hydrogen-bond donors (Lipinski definition) is 0. The molecule has 0 aromatic rings. The third-order valence-corrected chi connectivity index (χ3v) is 0. The van der Waals surface area contributed by atoms with Gasteiger partial charge in [-0.15, -0.1) is 0 Å². The van der Waals surface area contributed by atoms with Crippen LogP contribution in [-0.4, -0.2) is 60.2 Å². The Kier molecular flexibility index (Phi) is 12300. The molecule has 11 nitrogen and oxygen atoms in total. The molecule has 22 N–H and O–H groups in total. The van der Waals surface area contributed by atoms with Gasteiger partial charge in [-0.05, 0) is 0 Å². The molecule has 0 saturated heterocycles. The van der Waals surface area contributed by atoms with E-state index in [2.05, 4.69) is 0 Å². The summed E-state index contributed by atoms with van der Waals surface area (Å²) in [7, 11) is 0. The van der Waals surface area contributed by atoms with Crippen LogP contribution in [0.2, 0.25) is 0 Å². The molecule has 0 radical (unpaired) electrons. The summed E-state index contributed by atoms with van der Waals surface area (Å²) in [5, 5.41) is 0. The zero-order chi connectivity index (χ0) is 0. The maximum absolute atomic E-state index is 0. The van der Waals surface area contributed by atoms with Crippen LogP contribution < -0.4 is 207 Å². The Balaban J connectivity index is 0. The van der Waals surface area contributed by atoms with Crippen molar-refractivity contribution in [1.29, 1.82) is 0 Å². The average molecular weight is 286 g/mol. The second kappa shape index (κ2) is 493. The number of hydrogen-bond acceptors (Lipinski definition) is 0. The minimum absolute atomic E-state index is 0. The Labute approximate surface area is 279 Å². The summed E-state index contributed by atoms with van der Waals surface area (Å²) in [4.78, 5) is 0. The Morgan fingerprint density at radius 2 is 0.136 bits per heavy atom. The molecule has 0 fully saturated rings. The van der Waals surface area contributed by atoms with Gasteiger partial charge in [-0.1, -0.05) is 0 Å². The molecule has 0 aromatic heterocycles. The molecule has 0 unspecified atom stereocenters. The molecule has 0 aliphatic carbocycles. The summed E-state index contributed by atoms with van der Waals surface area (Å²) in [5.74, 6) is 0. The number of rotatable bonds is 0. The molecule has 22 heavy (non-hydrogen) atoms. The molecule has 0 amide bonds. The van der Waals surface area contributed by atoms with Gasteiger partial charge in [0.15, 0.2) is 0 Å². The molecule has 0 saturated carbocycles. The predicted molar refractivity (Wildman–Crippen MR) is 52.0 cm³/mol. The van der Waals surface area contributed by atoms with Gasteiger partial charge < -0.3 is 75.9 Å². The summed E-state index contributed by atoms with van der Waals surface area (Å²) in [6, 6.07) is 0. The second-order valence-electron chi connectivity index (χ2n) is 0. The van der Waals surface area contributed by atoms with E-state index >= 15 is 0 Å². The van der Waals surface area contributed by atoms with Gasteiger partial charge in [-0.2, -0.15) is 0 Å². The van der Waals surface area contributed by atoms with E-state index in [0.717, 1.165) is 0 Å². The van der Waals surface area contributed by atoms with E-state index in [1.54, 1.807) is 0 Å². The first-order valence-electron chi connectivity index (χ1n) is 0. The summed E-state index contributed by atoms with van der Waals surface area (Å²) >= 11 is 0. The first-order valence-corrected chi connectivity index (χ1v) is 0. The summed E-state index contributed by atoms with van der Waals surface area (Å²) in [6.07, 6.45) is 0. The second-order valence-corrected chi connectivity index (χ2v) is 0. The van der Waals surface area contributed by atoms with Gasteiger partial charge in [-0.3, -0.25) is 0 Å². The SMILES string of the molecule is O.O.O.O.O.O.O.O.O.O.O.[H-].[H-].[H-].[H-].[H-].[H-].[H-].[H-].[H-].[H-].[H-].[Li+].[Li+].[Li+].[Li+].[Li+].[Li+].[Li+].[Li+].[Li+].[Li+].[Li+]. The standard InChI is InChI=1S/11Li.11H2O.11H/h;;;;;;;;;;;11*1H2;;;;;;;;;;;/q11*+1;;;;;;;;;;;;11*-1. The third kappa shape index (κ3) is 439. The molecule has 0 atom stereocenters. The van der Waals surface area contributed by atoms with E-state index in [9.17, 15) is 0 Å². The minimum atomic E-state index is 0. The van der Waals surface area contributed by atoms with Gasteiger partial charge in [0.2, 0.25) is 0 Å². The summed E-state index contributed by atoms with van der Waals surface area (Å²) in [5.41, 5.74) is 0. The predicted octanol–water partition coefficient (Wildman–Crippen LogP) is -40.8. The van der Waals surface area contributed by atoms with E-state index in [1.165, 1.54) is 0 Å².